The Morgan fingerprint density at radius 1 is 1.82 bits per heavy atom. The van der Waals surface area contributed by atoms with E-state index in [2.05, 4.69) is 20.9 Å². The molecular weight excluding hydrogens is 244 g/mol. The van der Waals surface area contributed by atoms with E-state index in [1.807, 2.05) is 6.20 Å². The van der Waals surface area contributed by atoms with Gasteiger partial charge in [0.15, 0.2) is 3.92 Å². The van der Waals surface area contributed by atoms with Gasteiger partial charge in [0.1, 0.15) is 0 Å². The Morgan fingerprint density at radius 2 is 2.55 bits per heavy atom. The summed E-state index contributed by atoms with van der Waals surface area (Å²) in [6.07, 6.45) is 3.51. The van der Waals surface area contributed by atoms with Crippen LogP contribution in [0.5, 0.6) is 0 Å². The van der Waals surface area contributed by atoms with Crippen molar-refractivity contribution in [3.05, 3.63) is 15.0 Å². The average molecular weight is 251 g/mol. The number of aromatic nitrogens is 1. The second-order valence-corrected chi connectivity index (χ2v) is 4.96. The normalized spacial score (nSPS) is 9.91. The van der Waals surface area contributed by atoms with Crippen LogP contribution in [-0.4, -0.2) is 9.97 Å². The molecule has 0 radical (unpaired) electrons. The van der Waals surface area contributed by atoms with Gasteiger partial charge in [0.05, 0.1) is 4.99 Å². The standard InChI is InChI=1S/C6H7BrN2S2/c7-6-9-3-4(11-6)1-2-5(8)10/h3H,1-2H2,(H2,8,10). The number of rotatable bonds is 3. The third-order valence-electron chi connectivity index (χ3n) is 1.14. The summed E-state index contributed by atoms with van der Waals surface area (Å²) < 4.78 is 0.912. The predicted octanol–water partition coefficient (Wildman–Crippen LogP) is 2.12. The molecule has 11 heavy (non-hydrogen) atoms. The van der Waals surface area contributed by atoms with Crippen molar-refractivity contribution in [2.45, 2.75) is 12.8 Å². The van der Waals surface area contributed by atoms with Crippen LogP contribution >= 0.6 is 39.5 Å². The molecule has 1 heterocycles. The fraction of sp³-hybridized carbons (Fsp3) is 0.333. The topological polar surface area (TPSA) is 38.9 Å². The molecule has 0 saturated carbocycles. The number of nitrogens with two attached hydrogens (primary N) is 1. The van der Waals surface area contributed by atoms with Gasteiger partial charge in [-0.2, -0.15) is 0 Å². The van der Waals surface area contributed by atoms with E-state index in [4.69, 9.17) is 18.0 Å². The Hall–Kier alpha value is -0.0000000000000000833. The Morgan fingerprint density at radius 3 is 3.00 bits per heavy atom. The zero-order valence-corrected chi connectivity index (χ0v) is 8.93. The molecule has 60 valence electrons. The van der Waals surface area contributed by atoms with Crippen LogP contribution in [-0.2, 0) is 6.42 Å². The van der Waals surface area contributed by atoms with Gasteiger partial charge in [-0.05, 0) is 22.4 Å². The summed E-state index contributed by atoms with van der Waals surface area (Å²) in [5, 5.41) is 0. The van der Waals surface area contributed by atoms with Crippen LogP contribution < -0.4 is 5.73 Å². The smallest absolute Gasteiger partial charge is 0.159 e. The monoisotopic (exact) mass is 250 g/mol. The summed E-state index contributed by atoms with van der Waals surface area (Å²) in [5.74, 6) is 0. The lowest BCUT2D eigenvalue weighted by Crippen LogP contribution is -2.07. The quantitative estimate of drug-likeness (QED) is 0.836. The maximum Gasteiger partial charge on any atom is 0.159 e. The zero-order valence-electron chi connectivity index (χ0n) is 5.71. The van der Waals surface area contributed by atoms with Crippen molar-refractivity contribution in [1.29, 1.82) is 0 Å². The molecule has 0 unspecified atom stereocenters. The van der Waals surface area contributed by atoms with Crippen molar-refractivity contribution in [2.24, 2.45) is 5.73 Å². The van der Waals surface area contributed by atoms with Gasteiger partial charge >= 0.3 is 0 Å². The highest BCUT2D eigenvalue weighted by atomic mass is 79.9. The summed E-state index contributed by atoms with van der Waals surface area (Å²) in [7, 11) is 0. The molecule has 1 aromatic rings. The SMILES string of the molecule is NC(=S)CCc1cnc(Br)s1. The van der Waals surface area contributed by atoms with E-state index < -0.39 is 0 Å². The maximum absolute atomic E-state index is 5.35. The lowest BCUT2D eigenvalue weighted by molar-refractivity contribution is 1.06. The third-order valence-corrected chi connectivity index (χ3v) is 2.88. The molecule has 0 aromatic carbocycles. The molecule has 1 aromatic heterocycles. The van der Waals surface area contributed by atoms with Crippen LogP contribution in [0.2, 0.25) is 0 Å². The molecule has 5 heteroatoms. The van der Waals surface area contributed by atoms with E-state index in [-0.39, 0.29) is 0 Å². The average Bonchev–Trinajstić information content (AvgIpc) is 2.31. The van der Waals surface area contributed by atoms with Gasteiger partial charge in [-0.25, -0.2) is 4.98 Å². The summed E-state index contributed by atoms with van der Waals surface area (Å²) in [6, 6.07) is 0. The third kappa shape index (κ3) is 3.27. The zero-order chi connectivity index (χ0) is 8.27. The van der Waals surface area contributed by atoms with Crippen molar-refractivity contribution >= 4 is 44.5 Å². The molecule has 0 spiro atoms. The second kappa shape index (κ2) is 4.13. The number of hydrogen-bond acceptors (Lipinski definition) is 3. The summed E-state index contributed by atoms with van der Waals surface area (Å²) in [5.41, 5.74) is 5.35. The van der Waals surface area contributed by atoms with Crippen LogP contribution in [0.4, 0.5) is 0 Å². The van der Waals surface area contributed by atoms with E-state index in [0.717, 1.165) is 16.8 Å². The van der Waals surface area contributed by atoms with Gasteiger partial charge in [-0.15, -0.1) is 11.3 Å². The first kappa shape index (κ1) is 9.09. The lowest BCUT2D eigenvalue weighted by Gasteiger charge is -1.92. The minimum atomic E-state index is 0.564. The largest absolute Gasteiger partial charge is 0.393 e. The molecule has 0 aliphatic heterocycles. The Balaban J connectivity index is 2.45. The van der Waals surface area contributed by atoms with Gasteiger partial charge in [-0.1, -0.05) is 12.2 Å². The number of thiazole rings is 1. The minimum Gasteiger partial charge on any atom is -0.393 e. The van der Waals surface area contributed by atoms with E-state index in [1.165, 1.54) is 4.88 Å². The van der Waals surface area contributed by atoms with Crippen LogP contribution in [0.15, 0.2) is 10.1 Å². The van der Waals surface area contributed by atoms with Crippen LogP contribution in [0.3, 0.4) is 0 Å². The Kier molecular flexibility index (Phi) is 3.42. The fourth-order valence-corrected chi connectivity index (χ4v) is 2.11. The Bertz CT molecular complexity index is 259. The summed E-state index contributed by atoms with van der Waals surface area (Å²) in [6.45, 7) is 0. The molecule has 0 aliphatic rings. The van der Waals surface area contributed by atoms with Crippen molar-refractivity contribution in [1.82, 2.24) is 4.98 Å². The van der Waals surface area contributed by atoms with E-state index in [9.17, 15) is 0 Å². The number of hydrogen-bond donors (Lipinski definition) is 1. The molecule has 2 nitrogen and oxygen atoms in total. The Labute approximate surface area is 83.0 Å². The highest BCUT2D eigenvalue weighted by molar-refractivity contribution is 9.11. The highest BCUT2D eigenvalue weighted by Gasteiger charge is 1.98. The second-order valence-electron chi connectivity index (χ2n) is 2.05. The van der Waals surface area contributed by atoms with E-state index in [0.29, 0.717) is 4.99 Å². The van der Waals surface area contributed by atoms with Crippen molar-refractivity contribution in [3.8, 4) is 0 Å². The van der Waals surface area contributed by atoms with Crippen molar-refractivity contribution in [3.63, 3.8) is 0 Å². The number of aryl methyl sites for hydroxylation is 1. The van der Waals surface area contributed by atoms with Crippen molar-refractivity contribution < 1.29 is 0 Å². The molecule has 0 aliphatic carbocycles. The lowest BCUT2D eigenvalue weighted by atomic mass is 10.3. The van der Waals surface area contributed by atoms with Crippen LogP contribution in [0.25, 0.3) is 0 Å². The molecule has 0 amide bonds. The molecule has 2 N–H and O–H groups in total. The highest BCUT2D eigenvalue weighted by Crippen LogP contribution is 2.19. The van der Waals surface area contributed by atoms with Gasteiger partial charge in [0.25, 0.3) is 0 Å². The van der Waals surface area contributed by atoms with Gasteiger partial charge in [0.2, 0.25) is 0 Å². The molecule has 0 saturated heterocycles. The first-order chi connectivity index (χ1) is 5.18. The summed E-state index contributed by atoms with van der Waals surface area (Å²) in [4.78, 5) is 5.82. The van der Waals surface area contributed by atoms with Gasteiger partial charge in [0, 0.05) is 17.5 Å². The van der Waals surface area contributed by atoms with Gasteiger partial charge in [-0.3, -0.25) is 0 Å². The molecular formula is C6H7BrN2S2. The van der Waals surface area contributed by atoms with Crippen LogP contribution in [0, 0.1) is 0 Å². The first-order valence-corrected chi connectivity index (χ1v) is 5.09. The van der Waals surface area contributed by atoms with Crippen molar-refractivity contribution in [2.75, 3.05) is 0 Å². The van der Waals surface area contributed by atoms with E-state index in [1.54, 1.807) is 11.3 Å². The maximum atomic E-state index is 5.35. The fourth-order valence-electron chi connectivity index (χ4n) is 0.646. The molecule has 0 fully saturated rings. The number of nitrogens with zero attached hydrogens (tertiary/aromatic N) is 1. The summed E-state index contributed by atoms with van der Waals surface area (Å²) >= 11 is 9.65. The van der Waals surface area contributed by atoms with Gasteiger partial charge < -0.3 is 5.73 Å². The number of thiocarbonyl (C=S) groups is 1. The van der Waals surface area contributed by atoms with Crippen LogP contribution in [0.1, 0.15) is 11.3 Å². The first-order valence-electron chi connectivity index (χ1n) is 3.07. The molecule has 1 rings (SSSR count). The number of halogens is 1. The minimum absolute atomic E-state index is 0.564. The predicted molar refractivity (Wildman–Crippen MR) is 54.9 cm³/mol. The van der Waals surface area contributed by atoms with E-state index >= 15 is 0 Å². The molecule has 0 bridgehead atoms. The molecule has 0 atom stereocenters.